The van der Waals surface area contributed by atoms with Crippen LogP contribution < -0.4 is 10.9 Å². The van der Waals surface area contributed by atoms with E-state index in [1.807, 2.05) is 40.6 Å². The Morgan fingerprint density at radius 1 is 1.13 bits per heavy atom. The Kier molecular flexibility index (Phi) is 4.83. The van der Waals surface area contributed by atoms with Crippen molar-refractivity contribution in [1.29, 1.82) is 0 Å². The van der Waals surface area contributed by atoms with Crippen LogP contribution in [0.25, 0.3) is 28.1 Å². The van der Waals surface area contributed by atoms with E-state index in [1.54, 1.807) is 31.2 Å². The van der Waals surface area contributed by atoms with Gasteiger partial charge in [0.05, 0.1) is 29.4 Å². The number of H-pyrrole nitrogens is 2. The third-order valence-corrected chi connectivity index (χ3v) is 5.23. The molecule has 0 amide bonds. The fourth-order valence-electron chi connectivity index (χ4n) is 3.72. The van der Waals surface area contributed by atoms with Crippen LogP contribution in [0.1, 0.15) is 12.0 Å². The van der Waals surface area contributed by atoms with Gasteiger partial charge >= 0.3 is 0 Å². The van der Waals surface area contributed by atoms with Gasteiger partial charge in [-0.05, 0) is 37.1 Å². The summed E-state index contributed by atoms with van der Waals surface area (Å²) in [5.74, 6) is 0.542. The van der Waals surface area contributed by atoms with Gasteiger partial charge in [0.25, 0.3) is 5.56 Å². The molecule has 0 unspecified atom stereocenters. The number of hydrogen-bond donors (Lipinski definition) is 3. The highest BCUT2D eigenvalue weighted by molar-refractivity contribution is 5.86. The maximum Gasteiger partial charge on any atom is 0.261 e. The van der Waals surface area contributed by atoms with E-state index in [0.717, 1.165) is 47.5 Å². The predicted molar refractivity (Wildman–Crippen MR) is 119 cm³/mol. The van der Waals surface area contributed by atoms with Gasteiger partial charge in [-0.25, -0.2) is 15.0 Å². The van der Waals surface area contributed by atoms with Crippen molar-refractivity contribution in [1.82, 2.24) is 34.1 Å². The van der Waals surface area contributed by atoms with Crippen molar-refractivity contribution in [3.63, 3.8) is 0 Å². The summed E-state index contributed by atoms with van der Waals surface area (Å²) < 4.78 is 3.97. The van der Waals surface area contributed by atoms with Crippen molar-refractivity contribution in [2.45, 2.75) is 19.9 Å². The second-order valence-corrected chi connectivity index (χ2v) is 7.39. The molecule has 1 aromatic carbocycles. The van der Waals surface area contributed by atoms with Gasteiger partial charge in [0, 0.05) is 49.8 Å². The molecule has 0 atom stereocenters. The molecule has 0 spiro atoms. The molecule has 5 rings (SSSR count). The van der Waals surface area contributed by atoms with Crippen molar-refractivity contribution >= 4 is 16.7 Å². The number of benzene rings is 1. The Morgan fingerprint density at radius 2 is 2.00 bits per heavy atom. The Balaban J connectivity index is 1.45. The SMILES string of the molecule is Cc1cc(-n2ccnc2)cc2[nH]c(-c3c(NCCCn4ccnc4)cc[nH]c3=O)nc12. The summed E-state index contributed by atoms with van der Waals surface area (Å²) in [7, 11) is 0. The lowest BCUT2D eigenvalue weighted by Crippen LogP contribution is -2.14. The van der Waals surface area contributed by atoms with Crippen LogP contribution >= 0.6 is 0 Å². The van der Waals surface area contributed by atoms with E-state index in [2.05, 4.69) is 31.3 Å². The number of aromatic amines is 2. The summed E-state index contributed by atoms with van der Waals surface area (Å²) >= 11 is 0. The van der Waals surface area contributed by atoms with Crippen LogP contribution in [-0.2, 0) is 6.54 Å². The fourth-order valence-corrected chi connectivity index (χ4v) is 3.72. The van der Waals surface area contributed by atoms with E-state index in [-0.39, 0.29) is 5.56 Å². The molecule has 0 aliphatic carbocycles. The normalized spacial score (nSPS) is 11.3. The van der Waals surface area contributed by atoms with Gasteiger partial charge < -0.3 is 24.4 Å². The molecule has 0 aliphatic heterocycles. The number of nitrogens with zero attached hydrogens (tertiary/aromatic N) is 5. The molecule has 5 aromatic rings. The average Bonchev–Trinajstić information content (AvgIpc) is 3.53. The molecule has 0 bridgehead atoms. The molecule has 3 N–H and O–H groups in total. The van der Waals surface area contributed by atoms with E-state index in [9.17, 15) is 4.79 Å². The van der Waals surface area contributed by atoms with Crippen molar-refractivity contribution in [2.75, 3.05) is 11.9 Å². The lowest BCUT2D eigenvalue weighted by molar-refractivity contribution is 0.661. The van der Waals surface area contributed by atoms with Crippen LogP contribution in [0.4, 0.5) is 5.69 Å². The first-order valence-corrected chi connectivity index (χ1v) is 10.1. The minimum atomic E-state index is -0.189. The van der Waals surface area contributed by atoms with Crippen molar-refractivity contribution in [3.05, 3.63) is 77.8 Å². The van der Waals surface area contributed by atoms with Crippen LogP contribution in [0.15, 0.2) is 66.6 Å². The van der Waals surface area contributed by atoms with Crippen LogP contribution in [0.2, 0.25) is 0 Å². The number of nitrogens with one attached hydrogen (secondary N) is 3. The van der Waals surface area contributed by atoms with Gasteiger partial charge in [-0.2, -0.15) is 0 Å². The van der Waals surface area contributed by atoms with Gasteiger partial charge in [0.2, 0.25) is 0 Å². The Bertz CT molecular complexity index is 1360. The van der Waals surface area contributed by atoms with Gasteiger partial charge in [-0.3, -0.25) is 4.79 Å². The summed E-state index contributed by atoms with van der Waals surface area (Å²) in [5.41, 5.74) is 4.78. The zero-order valence-corrected chi connectivity index (χ0v) is 17.0. The molecule has 9 heteroatoms. The van der Waals surface area contributed by atoms with Gasteiger partial charge in [0.1, 0.15) is 11.4 Å². The summed E-state index contributed by atoms with van der Waals surface area (Å²) in [5, 5.41) is 3.38. The second kappa shape index (κ2) is 7.94. The summed E-state index contributed by atoms with van der Waals surface area (Å²) in [6, 6.07) is 5.93. The van der Waals surface area contributed by atoms with Crippen LogP contribution in [0.5, 0.6) is 0 Å². The number of aryl methyl sites for hydroxylation is 2. The summed E-state index contributed by atoms with van der Waals surface area (Å²) in [6.45, 7) is 3.59. The minimum absolute atomic E-state index is 0.189. The van der Waals surface area contributed by atoms with Crippen molar-refractivity contribution < 1.29 is 0 Å². The number of imidazole rings is 3. The maximum absolute atomic E-state index is 12.7. The van der Waals surface area contributed by atoms with Crippen LogP contribution in [-0.4, -0.2) is 40.6 Å². The Labute approximate surface area is 177 Å². The number of pyridine rings is 1. The third kappa shape index (κ3) is 3.73. The largest absolute Gasteiger partial charge is 0.384 e. The first-order chi connectivity index (χ1) is 15.2. The fraction of sp³-hybridized carbons (Fsp3) is 0.182. The van der Waals surface area contributed by atoms with E-state index < -0.39 is 0 Å². The topological polar surface area (TPSA) is 109 Å². The molecule has 0 radical (unpaired) electrons. The van der Waals surface area contributed by atoms with E-state index in [4.69, 9.17) is 4.98 Å². The van der Waals surface area contributed by atoms with Gasteiger partial charge in [-0.15, -0.1) is 0 Å². The van der Waals surface area contributed by atoms with E-state index in [1.165, 1.54) is 0 Å². The first kappa shape index (κ1) is 18.9. The molecule has 9 nitrogen and oxygen atoms in total. The average molecular weight is 414 g/mol. The van der Waals surface area contributed by atoms with Crippen LogP contribution in [0, 0.1) is 6.92 Å². The molecule has 0 saturated heterocycles. The number of aromatic nitrogens is 7. The highest BCUT2D eigenvalue weighted by atomic mass is 16.1. The maximum atomic E-state index is 12.7. The molecular formula is C22H22N8O. The Morgan fingerprint density at radius 3 is 2.81 bits per heavy atom. The highest BCUT2D eigenvalue weighted by Crippen LogP contribution is 2.27. The lowest BCUT2D eigenvalue weighted by Gasteiger charge is -2.10. The number of fused-ring (bicyclic) bond motifs is 1. The molecule has 4 aromatic heterocycles. The highest BCUT2D eigenvalue weighted by Gasteiger charge is 2.16. The molecule has 156 valence electrons. The molecule has 0 fully saturated rings. The first-order valence-electron chi connectivity index (χ1n) is 10.1. The second-order valence-electron chi connectivity index (χ2n) is 7.39. The quantitative estimate of drug-likeness (QED) is 0.355. The molecule has 31 heavy (non-hydrogen) atoms. The monoisotopic (exact) mass is 414 g/mol. The Hall–Kier alpha value is -4.14. The summed E-state index contributed by atoms with van der Waals surface area (Å²) in [4.78, 5) is 31.7. The number of anilines is 1. The zero-order valence-electron chi connectivity index (χ0n) is 17.0. The molecule has 0 aliphatic rings. The van der Waals surface area contributed by atoms with Gasteiger partial charge in [-0.1, -0.05) is 0 Å². The van der Waals surface area contributed by atoms with Crippen LogP contribution in [0.3, 0.4) is 0 Å². The third-order valence-electron chi connectivity index (χ3n) is 5.23. The lowest BCUT2D eigenvalue weighted by atomic mass is 10.2. The predicted octanol–water partition coefficient (Wildman–Crippen LogP) is 3.11. The molecular weight excluding hydrogens is 392 g/mol. The standard InChI is InChI=1S/C22H22N8O/c1-15-11-16(30-10-7-24-14-30)12-18-20(15)28-21(27-18)19-17(3-5-26-22(19)31)25-4-2-8-29-9-6-23-13-29/h3,5-7,9-14H,2,4,8H2,1H3,(H,27,28)(H2,25,26,31). The van der Waals surface area contributed by atoms with Gasteiger partial charge in [0.15, 0.2) is 0 Å². The molecule has 4 heterocycles. The smallest absolute Gasteiger partial charge is 0.261 e. The van der Waals surface area contributed by atoms with E-state index >= 15 is 0 Å². The molecule has 0 saturated carbocycles. The zero-order chi connectivity index (χ0) is 21.2. The number of rotatable bonds is 7. The minimum Gasteiger partial charge on any atom is -0.384 e. The van der Waals surface area contributed by atoms with Crippen molar-refractivity contribution in [3.8, 4) is 17.1 Å². The van der Waals surface area contributed by atoms with E-state index in [0.29, 0.717) is 11.4 Å². The number of hydrogen-bond acceptors (Lipinski definition) is 5. The van der Waals surface area contributed by atoms with Crippen molar-refractivity contribution in [2.24, 2.45) is 0 Å². The summed E-state index contributed by atoms with van der Waals surface area (Å²) in [6.07, 6.45) is 13.4.